The maximum Gasteiger partial charge on any atom is 0.410 e. The first kappa shape index (κ1) is 22.1. The summed E-state index contributed by atoms with van der Waals surface area (Å²) in [5.41, 5.74) is -1.22. The topological polar surface area (TPSA) is 112 Å². The second-order valence-electron chi connectivity index (χ2n) is 8.19. The Morgan fingerprint density at radius 1 is 1.03 bits per heavy atom. The van der Waals surface area contributed by atoms with E-state index in [9.17, 15) is 19.2 Å². The van der Waals surface area contributed by atoms with Crippen LogP contribution in [-0.2, 0) is 30.2 Å². The van der Waals surface area contributed by atoms with Gasteiger partial charge in [0.25, 0.3) is 5.56 Å². The highest BCUT2D eigenvalue weighted by Crippen LogP contribution is 2.17. The summed E-state index contributed by atoms with van der Waals surface area (Å²) in [5.74, 6) is -0.202. The van der Waals surface area contributed by atoms with Crippen molar-refractivity contribution in [1.82, 2.24) is 28.5 Å². The van der Waals surface area contributed by atoms with Crippen LogP contribution < -0.4 is 11.2 Å². The van der Waals surface area contributed by atoms with Gasteiger partial charge >= 0.3 is 11.8 Å². The van der Waals surface area contributed by atoms with Crippen molar-refractivity contribution < 1.29 is 14.3 Å². The minimum Gasteiger partial charge on any atom is -0.444 e. The second-order valence-corrected chi connectivity index (χ2v) is 8.90. The zero-order valence-corrected chi connectivity index (χ0v) is 19.2. The number of aryl methyl sites for hydroxylation is 1. The van der Waals surface area contributed by atoms with E-state index >= 15 is 0 Å². The van der Waals surface area contributed by atoms with Crippen LogP contribution in [0.1, 0.15) is 20.8 Å². The SMILES string of the molecule is Cn1c(=O)c2nc(Br)n(CC(=O)N3CCN(C(=O)OC(C)(C)C)CC3)c2n(C)c1=O. The maximum atomic E-state index is 12.9. The Morgan fingerprint density at radius 3 is 2.17 bits per heavy atom. The highest BCUT2D eigenvalue weighted by molar-refractivity contribution is 9.10. The van der Waals surface area contributed by atoms with Gasteiger partial charge in [-0.05, 0) is 36.7 Å². The fourth-order valence-corrected chi connectivity index (χ4v) is 3.77. The van der Waals surface area contributed by atoms with E-state index in [1.807, 2.05) is 0 Å². The molecule has 2 aromatic heterocycles. The van der Waals surface area contributed by atoms with Crippen LogP contribution in [0.3, 0.4) is 0 Å². The number of nitrogens with zero attached hydrogens (tertiary/aromatic N) is 6. The number of rotatable bonds is 2. The van der Waals surface area contributed by atoms with Crippen LogP contribution >= 0.6 is 15.9 Å². The molecule has 0 bridgehead atoms. The molecule has 0 spiro atoms. The summed E-state index contributed by atoms with van der Waals surface area (Å²) in [5, 5.41) is 0. The molecule has 3 rings (SSSR count). The third-order valence-corrected chi connectivity index (χ3v) is 5.48. The molecule has 0 atom stereocenters. The van der Waals surface area contributed by atoms with Gasteiger partial charge in [0.15, 0.2) is 15.9 Å². The number of carbonyl (C=O) groups is 2. The molecule has 0 aliphatic carbocycles. The van der Waals surface area contributed by atoms with E-state index in [-0.39, 0.29) is 28.3 Å². The Balaban J connectivity index is 1.76. The average Bonchev–Trinajstić information content (AvgIpc) is 3.00. The van der Waals surface area contributed by atoms with E-state index < -0.39 is 22.9 Å². The quantitative estimate of drug-likeness (QED) is 0.565. The van der Waals surface area contributed by atoms with Crippen molar-refractivity contribution in [3.63, 3.8) is 0 Å². The van der Waals surface area contributed by atoms with E-state index in [0.29, 0.717) is 26.2 Å². The molecule has 1 fully saturated rings. The van der Waals surface area contributed by atoms with Gasteiger partial charge < -0.3 is 14.5 Å². The lowest BCUT2D eigenvalue weighted by Crippen LogP contribution is -2.52. The molecule has 0 unspecified atom stereocenters. The highest BCUT2D eigenvalue weighted by atomic mass is 79.9. The van der Waals surface area contributed by atoms with Crippen molar-refractivity contribution in [2.75, 3.05) is 26.2 Å². The average molecular weight is 485 g/mol. The number of piperazine rings is 1. The van der Waals surface area contributed by atoms with E-state index in [4.69, 9.17) is 4.74 Å². The second kappa shape index (κ2) is 7.89. The summed E-state index contributed by atoms with van der Waals surface area (Å²) >= 11 is 3.28. The smallest absolute Gasteiger partial charge is 0.410 e. The number of hydrogen-bond donors (Lipinski definition) is 0. The number of imidazole rings is 1. The normalized spacial score (nSPS) is 15.0. The molecule has 164 valence electrons. The summed E-state index contributed by atoms with van der Waals surface area (Å²) in [4.78, 5) is 57.1. The first-order chi connectivity index (χ1) is 13.9. The molecule has 12 heteroatoms. The molecule has 0 saturated carbocycles. The molecular formula is C18H25BrN6O5. The number of hydrogen-bond acceptors (Lipinski definition) is 6. The molecule has 1 aliphatic heterocycles. The predicted octanol–water partition coefficient (Wildman–Crippen LogP) is 0.276. The van der Waals surface area contributed by atoms with E-state index in [1.54, 1.807) is 30.6 Å². The van der Waals surface area contributed by atoms with Crippen molar-refractivity contribution >= 4 is 39.1 Å². The van der Waals surface area contributed by atoms with Crippen LogP contribution in [-0.4, -0.2) is 72.3 Å². The molecule has 1 saturated heterocycles. The van der Waals surface area contributed by atoms with Gasteiger partial charge in [-0.3, -0.25) is 23.3 Å². The van der Waals surface area contributed by atoms with Crippen LogP contribution in [0, 0.1) is 0 Å². The number of halogens is 1. The molecule has 11 nitrogen and oxygen atoms in total. The fraction of sp³-hybridized carbons (Fsp3) is 0.611. The first-order valence-electron chi connectivity index (χ1n) is 9.48. The van der Waals surface area contributed by atoms with Crippen LogP contribution in [0.25, 0.3) is 11.2 Å². The monoisotopic (exact) mass is 484 g/mol. The van der Waals surface area contributed by atoms with Crippen molar-refractivity contribution in [1.29, 1.82) is 0 Å². The van der Waals surface area contributed by atoms with Gasteiger partial charge in [0.05, 0.1) is 0 Å². The Morgan fingerprint density at radius 2 is 1.60 bits per heavy atom. The van der Waals surface area contributed by atoms with Gasteiger partial charge in [-0.25, -0.2) is 14.6 Å². The maximum absolute atomic E-state index is 12.9. The lowest BCUT2D eigenvalue weighted by Gasteiger charge is -2.35. The van der Waals surface area contributed by atoms with Crippen LogP contribution in [0.5, 0.6) is 0 Å². The summed E-state index contributed by atoms with van der Waals surface area (Å²) < 4.78 is 9.43. The highest BCUT2D eigenvalue weighted by Gasteiger charge is 2.28. The lowest BCUT2D eigenvalue weighted by atomic mass is 10.2. The number of amides is 2. The van der Waals surface area contributed by atoms with Gasteiger partial charge in [-0.2, -0.15) is 0 Å². The zero-order chi connectivity index (χ0) is 22.4. The Kier molecular flexibility index (Phi) is 5.81. The minimum absolute atomic E-state index is 0.0933. The minimum atomic E-state index is -0.578. The fourth-order valence-electron chi connectivity index (χ4n) is 3.30. The summed E-state index contributed by atoms with van der Waals surface area (Å²) in [6.45, 7) is 6.78. The first-order valence-corrected chi connectivity index (χ1v) is 10.3. The van der Waals surface area contributed by atoms with Gasteiger partial charge in [-0.15, -0.1) is 0 Å². The molecule has 2 aromatic rings. The van der Waals surface area contributed by atoms with E-state index in [0.717, 1.165) is 4.57 Å². The molecular weight excluding hydrogens is 460 g/mol. The van der Waals surface area contributed by atoms with Crippen molar-refractivity contribution in [3.05, 3.63) is 25.6 Å². The summed E-state index contributed by atoms with van der Waals surface area (Å²) in [6.07, 6.45) is -0.399. The van der Waals surface area contributed by atoms with Crippen LogP contribution in [0.4, 0.5) is 4.79 Å². The zero-order valence-electron chi connectivity index (χ0n) is 17.6. The predicted molar refractivity (Wildman–Crippen MR) is 112 cm³/mol. The number of fused-ring (bicyclic) bond motifs is 1. The number of aromatic nitrogens is 4. The molecule has 0 aromatic carbocycles. The molecule has 0 N–H and O–H groups in total. The molecule has 1 aliphatic rings. The number of carbonyl (C=O) groups excluding carboxylic acids is 2. The Bertz CT molecular complexity index is 1120. The lowest BCUT2D eigenvalue weighted by molar-refractivity contribution is -0.133. The van der Waals surface area contributed by atoms with Crippen LogP contribution in [0.15, 0.2) is 14.3 Å². The van der Waals surface area contributed by atoms with Crippen molar-refractivity contribution in [2.45, 2.75) is 32.9 Å². The van der Waals surface area contributed by atoms with Gasteiger partial charge in [0.2, 0.25) is 5.91 Å². The van der Waals surface area contributed by atoms with E-state index in [1.165, 1.54) is 23.2 Å². The third kappa shape index (κ3) is 4.13. The summed E-state index contributed by atoms with van der Waals surface area (Å²) in [6, 6.07) is 0. The largest absolute Gasteiger partial charge is 0.444 e. The standard InChI is InChI=1S/C18H25BrN6O5/c1-18(2,3)30-17(29)24-8-6-23(7-9-24)11(26)10-25-13-12(20-15(25)19)14(27)22(5)16(28)21(13)4/h6-10H2,1-5H3. The van der Waals surface area contributed by atoms with Gasteiger partial charge in [0.1, 0.15) is 12.1 Å². The van der Waals surface area contributed by atoms with E-state index in [2.05, 4.69) is 20.9 Å². The number of ether oxygens (including phenoxy) is 1. The molecule has 0 radical (unpaired) electrons. The van der Waals surface area contributed by atoms with Gasteiger partial charge in [-0.1, -0.05) is 0 Å². The molecule has 2 amide bonds. The Hall–Kier alpha value is -2.63. The van der Waals surface area contributed by atoms with Gasteiger partial charge in [0, 0.05) is 40.3 Å². The summed E-state index contributed by atoms with van der Waals surface area (Å²) in [7, 11) is 2.91. The van der Waals surface area contributed by atoms with Crippen molar-refractivity contribution in [3.8, 4) is 0 Å². The Labute approximate surface area is 180 Å². The molecule has 3 heterocycles. The third-order valence-electron chi connectivity index (χ3n) is 4.87. The molecule has 30 heavy (non-hydrogen) atoms. The van der Waals surface area contributed by atoms with Crippen LogP contribution in [0.2, 0.25) is 0 Å². The van der Waals surface area contributed by atoms with Crippen molar-refractivity contribution in [2.24, 2.45) is 14.1 Å².